The van der Waals surface area contributed by atoms with Crippen LogP contribution in [-0.4, -0.2) is 17.2 Å². The van der Waals surface area contributed by atoms with E-state index in [1.165, 1.54) is 6.07 Å². The van der Waals surface area contributed by atoms with Crippen LogP contribution in [0.1, 0.15) is 31.1 Å². The van der Waals surface area contributed by atoms with Crippen LogP contribution in [0.2, 0.25) is 0 Å². The Morgan fingerprint density at radius 3 is 2.44 bits per heavy atom. The van der Waals surface area contributed by atoms with E-state index in [-0.39, 0.29) is 11.7 Å². The number of carboxylic acid groups (broad SMARTS) is 1. The van der Waals surface area contributed by atoms with E-state index in [4.69, 9.17) is 9.84 Å². The summed E-state index contributed by atoms with van der Waals surface area (Å²) >= 11 is 3.26. The van der Waals surface area contributed by atoms with E-state index in [1.54, 1.807) is 12.1 Å². The van der Waals surface area contributed by atoms with Crippen molar-refractivity contribution in [2.24, 2.45) is 5.92 Å². The average Bonchev–Trinajstić information content (AvgIpc) is 2.16. The molecule has 1 aromatic rings. The molecule has 0 aliphatic carbocycles. The van der Waals surface area contributed by atoms with Gasteiger partial charge in [-0.25, -0.2) is 4.79 Å². The molecule has 88 valence electrons. The lowest BCUT2D eigenvalue weighted by molar-refractivity contribution is 0.0695. The summed E-state index contributed by atoms with van der Waals surface area (Å²) in [6.07, 6.45) is 0.0518. The molecule has 4 heteroatoms. The molecule has 0 radical (unpaired) electrons. The van der Waals surface area contributed by atoms with Gasteiger partial charge in [0.15, 0.2) is 0 Å². The Balaban J connectivity index is 2.92. The summed E-state index contributed by atoms with van der Waals surface area (Å²) in [7, 11) is 0. The highest BCUT2D eigenvalue weighted by Gasteiger charge is 2.11. The fourth-order valence-electron chi connectivity index (χ4n) is 1.10. The summed E-state index contributed by atoms with van der Waals surface area (Å²) in [6.45, 7) is 6.08. The third kappa shape index (κ3) is 3.52. The SMILES string of the molecule is CC(C)C(C)Oc1cc(Br)cc(C(=O)O)c1. The van der Waals surface area contributed by atoms with Gasteiger partial charge in [-0.3, -0.25) is 0 Å². The van der Waals surface area contributed by atoms with Crippen LogP contribution in [0, 0.1) is 5.92 Å². The Kier molecular flexibility index (Phi) is 4.35. The lowest BCUT2D eigenvalue weighted by Gasteiger charge is -2.18. The zero-order valence-corrected chi connectivity index (χ0v) is 11.1. The molecule has 1 unspecified atom stereocenters. The smallest absolute Gasteiger partial charge is 0.335 e. The minimum Gasteiger partial charge on any atom is -0.490 e. The highest BCUT2D eigenvalue weighted by molar-refractivity contribution is 9.10. The first-order chi connectivity index (χ1) is 7.40. The van der Waals surface area contributed by atoms with E-state index in [2.05, 4.69) is 29.8 Å². The normalized spacial score (nSPS) is 12.6. The number of ether oxygens (including phenoxy) is 1. The number of carbonyl (C=O) groups is 1. The van der Waals surface area contributed by atoms with Crippen molar-refractivity contribution in [3.05, 3.63) is 28.2 Å². The summed E-state index contributed by atoms with van der Waals surface area (Å²) in [5, 5.41) is 8.90. The van der Waals surface area contributed by atoms with Gasteiger partial charge in [-0.2, -0.15) is 0 Å². The number of halogens is 1. The van der Waals surface area contributed by atoms with Crippen LogP contribution < -0.4 is 4.74 Å². The molecule has 0 aliphatic heterocycles. The maximum Gasteiger partial charge on any atom is 0.335 e. The van der Waals surface area contributed by atoms with Crippen LogP contribution in [0.3, 0.4) is 0 Å². The largest absolute Gasteiger partial charge is 0.490 e. The first-order valence-electron chi connectivity index (χ1n) is 5.10. The Morgan fingerprint density at radius 1 is 1.31 bits per heavy atom. The van der Waals surface area contributed by atoms with E-state index < -0.39 is 5.97 Å². The highest BCUT2D eigenvalue weighted by atomic mass is 79.9. The molecule has 1 rings (SSSR count). The van der Waals surface area contributed by atoms with E-state index in [0.717, 1.165) is 0 Å². The number of benzene rings is 1. The van der Waals surface area contributed by atoms with Gasteiger partial charge in [-0.1, -0.05) is 29.8 Å². The predicted octanol–water partition coefficient (Wildman–Crippen LogP) is 3.57. The molecule has 0 aromatic heterocycles. The van der Waals surface area contributed by atoms with Crippen LogP contribution >= 0.6 is 15.9 Å². The number of hydrogen-bond donors (Lipinski definition) is 1. The Hall–Kier alpha value is -1.03. The Labute approximate surface area is 104 Å². The standard InChI is InChI=1S/C12H15BrO3/c1-7(2)8(3)16-11-5-9(12(14)15)4-10(13)6-11/h4-8H,1-3H3,(H,14,15). The van der Waals surface area contributed by atoms with E-state index in [9.17, 15) is 4.79 Å². The molecule has 1 aromatic carbocycles. The maximum atomic E-state index is 10.8. The molecule has 0 saturated carbocycles. The number of rotatable bonds is 4. The molecule has 0 bridgehead atoms. The zero-order chi connectivity index (χ0) is 12.3. The van der Waals surface area contributed by atoms with Gasteiger partial charge in [-0.05, 0) is 31.0 Å². The number of hydrogen-bond acceptors (Lipinski definition) is 2. The van der Waals surface area contributed by atoms with Crippen molar-refractivity contribution in [2.75, 3.05) is 0 Å². The topological polar surface area (TPSA) is 46.5 Å². The van der Waals surface area contributed by atoms with Gasteiger partial charge in [0.1, 0.15) is 5.75 Å². The molecule has 0 amide bonds. The minimum absolute atomic E-state index is 0.0518. The molecule has 16 heavy (non-hydrogen) atoms. The van der Waals surface area contributed by atoms with Gasteiger partial charge in [-0.15, -0.1) is 0 Å². The lowest BCUT2D eigenvalue weighted by atomic mass is 10.1. The van der Waals surface area contributed by atoms with Gasteiger partial charge in [0.25, 0.3) is 0 Å². The fraction of sp³-hybridized carbons (Fsp3) is 0.417. The predicted molar refractivity (Wildman–Crippen MR) is 66.0 cm³/mol. The molecule has 1 atom stereocenters. The zero-order valence-electron chi connectivity index (χ0n) is 9.53. The summed E-state index contributed by atoms with van der Waals surface area (Å²) in [4.78, 5) is 10.8. The van der Waals surface area contributed by atoms with E-state index in [0.29, 0.717) is 16.1 Å². The van der Waals surface area contributed by atoms with Crippen molar-refractivity contribution in [1.29, 1.82) is 0 Å². The van der Waals surface area contributed by atoms with Crippen molar-refractivity contribution in [3.8, 4) is 5.75 Å². The summed E-state index contributed by atoms with van der Waals surface area (Å²) in [5.74, 6) is 0.00332. The van der Waals surface area contributed by atoms with Gasteiger partial charge < -0.3 is 9.84 Å². The first-order valence-corrected chi connectivity index (χ1v) is 5.90. The van der Waals surface area contributed by atoms with Gasteiger partial charge in [0.2, 0.25) is 0 Å². The molecule has 0 fully saturated rings. The third-order valence-electron chi connectivity index (χ3n) is 2.38. The first kappa shape index (κ1) is 13.0. The quantitative estimate of drug-likeness (QED) is 0.920. The van der Waals surface area contributed by atoms with Crippen LogP contribution in [0.25, 0.3) is 0 Å². The molecule has 3 nitrogen and oxygen atoms in total. The third-order valence-corrected chi connectivity index (χ3v) is 2.84. The van der Waals surface area contributed by atoms with Crippen LogP contribution in [0.15, 0.2) is 22.7 Å². The van der Waals surface area contributed by atoms with Crippen molar-refractivity contribution < 1.29 is 14.6 Å². The van der Waals surface area contributed by atoms with E-state index in [1.807, 2.05) is 6.92 Å². The monoisotopic (exact) mass is 286 g/mol. The van der Waals surface area contributed by atoms with Crippen LogP contribution in [-0.2, 0) is 0 Å². The van der Waals surface area contributed by atoms with Crippen molar-refractivity contribution in [3.63, 3.8) is 0 Å². The van der Waals surface area contributed by atoms with E-state index >= 15 is 0 Å². The summed E-state index contributed by atoms with van der Waals surface area (Å²) in [5.41, 5.74) is 0.223. The lowest BCUT2D eigenvalue weighted by Crippen LogP contribution is -2.18. The molecule has 0 heterocycles. The second kappa shape index (κ2) is 5.34. The summed E-state index contributed by atoms with van der Waals surface area (Å²) in [6, 6.07) is 4.85. The van der Waals surface area contributed by atoms with Crippen molar-refractivity contribution in [1.82, 2.24) is 0 Å². The fourth-order valence-corrected chi connectivity index (χ4v) is 1.58. The molecule has 0 saturated heterocycles. The maximum absolute atomic E-state index is 10.8. The average molecular weight is 287 g/mol. The Morgan fingerprint density at radius 2 is 1.94 bits per heavy atom. The van der Waals surface area contributed by atoms with Crippen LogP contribution in [0.4, 0.5) is 0 Å². The molecule has 0 spiro atoms. The minimum atomic E-state index is -0.955. The number of carboxylic acids is 1. The number of aromatic carboxylic acids is 1. The molecule has 1 N–H and O–H groups in total. The molecular weight excluding hydrogens is 272 g/mol. The Bertz CT molecular complexity index is 388. The molecular formula is C12H15BrO3. The van der Waals surface area contributed by atoms with Crippen molar-refractivity contribution in [2.45, 2.75) is 26.9 Å². The summed E-state index contributed by atoms with van der Waals surface area (Å²) < 4.78 is 6.36. The van der Waals surface area contributed by atoms with Crippen LogP contribution in [0.5, 0.6) is 5.75 Å². The highest BCUT2D eigenvalue weighted by Crippen LogP contribution is 2.23. The van der Waals surface area contributed by atoms with Gasteiger partial charge in [0.05, 0.1) is 11.7 Å². The second-order valence-electron chi connectivity index (χ2n) is 4.05. The second-order valence-corrected chi connectivity index (χ2v) is 4.96. The van der Waals surface area contributed by atoms with Crippen molar-refractivity contribution >= 4 is 21.9 Å². The molecule has 0 aliphatic rings. The van der Waals surface area contributed by atoms with Gasteiger partial charge >= 0.3 is 5.97 Å². The van der Waals surface area contributed by atoms with Gasteiger partial charge in [0, 0.05) is 4.47 Å².